The Hall–Kier alpha value is -2.87. The highest BCUT2D eigenvalue weighted by Crippen LogP contribution is 2.29. The number of hydrogen-bond acceptors (Lipinski definition) is 6. The number of nitrogens with one attached hydrogen (secondary N) is 1. The molecule has 1 saturated heterocycles. The van der Waals surface area contributed by atoms with Gasteiger partial charge in [0.1, 0.15) is 5.70 Å². The summed E-state index contributed by atoms with van der Waals surface area (Å²) in [4.78, 5) is 36.9. The van der Waals surface area contributed by atoms with Crippen molar-refractivity contribution < 1.29 is 28.6 Å². The summed E-state index contributed by atoms with van der Waals surface area (Å²) in [6, 6.07) is 4.85. The van der Waals surface area contributed by atoms with Crippen molar-refractivity contribution in [3.8, 4) is 11.5 Å². The summed E-state index contributed by atoms with van der Waals surface area (Å²) in [6.45, 7) is 4.48. The number of carbonyl (C=O) groups is 3. The van der Waals surface area contributed by atoms with Gasteiger partial charge in [0.2, 0.25) is 5.91 Å². The molecule has 1 aliphatic rings. The van der Waals surface area contributed by atoms with Crippen LogP contribution in [0.1, 0.15) is 19.4 Å². The predicted octanol–water partition coefficient (Wildman–Crippen LogP) is 0.956. The van der Waals surface area contributed by atoms with Gasteiger partial charge < -0.3 is 24.4 Å². The topological polar surface area (TPSA) is 94.2 Å². The molecular formula is C18H22N2O6. The number of rotatable bonds is 5. The molecule has 0 aromatic heterocycles. The quantitative estimate of drug-likeness (QED) is 0.476. The van der Waals surface area contributed by atoms with E-state index in [1.807, 2.05) is 0 Å². The van der Waals surface area contributed by atoms with Crippen LogP contribution in [0, 0.1) is 0 Å². The normalized spacial score (nSPS) is 14.6. The van der Waals surface area contributed by atoms with Crippen LogP contribution >= 0.6 is 0 Å². The van der Waals surface area contributed by atoms with Crippen molar-refractivity contribution in [1.29, 1.82) is 0 Å². The Morgan fingerprint density at radius 3 is 2.42 bits per heavy atom. The first kappa shape index (κ1) is 19.5. The minimum atomic E-state index is -0.465. The number of esters is 1. The van der Waals surface area contributed by atoms with Crippen LogP contribution in [0.5, 0.6) is 11.5 Å². The summed E-state index contributed by atoms with van der Waals surface area (Å²) < 4.78 is 15.5. The molecule has 0 unspecified atom stereocenters. The van der Waals surface area contributed by atoms with E-state index in [9.17, 15) is 14.4 Å². The third-order valence-corrected chi connectivity index (χ3v) is 3.59. The third-order valence-electron chi connectivity index (χ3n) is 3.59. The van der Waals surface area contributed by atoms with Crippen LogP contribution in [0.2, 0.25) is 0 Å². The molecule has 8 nitrogen and oxygen atoms in total. The average molecular weight is 362 g/mol. The standard InChI is InChI=1S/C18H22N2O6/c1-12(21)19-15(18(23)20-6-8-25-9-7-20)10-14-4-5-16(26-13(2)22)17(11-14)24-3/h4-5,10-11H,6-9H2,1-3H3,(H,19,21)/b15-10+. The fourth-order valence-corrected chi connectivity index (χ4v) is 2.46. The lowest BCUT2D eigenvalue weighted by molar-refractivity contribution is -0.133. The molecule has 1 fully saturated rings. The molecule has 2 amide bonds. The van der Waals surface area contributed by atoms with Crippen molar-refractivity contribution in [3.05, 3.63) is 29.5 Å². The van der Waals surface area contributed by atoms with Crippen LogP contribution in [0.3, 0.4) is 0 Å². The Morgan fingerprint density at radius 1 is 1.15 bits per heavy atom. The van der Waals surface area contributed by atoms with Crippen molar-refractivity contribution in [3.63, 3.8) is 0 Å². The first-order valence-corrected chi connectivity index (χ1v) is 8.13. The van der Waals surface area contributed by atoms with Gasteiger partial charge in [-0.15, -0.1) is 0 Å². The lowest BCUT2D eigenvalue weighted by atomic mass is 10.1. The highest BCUT2D eigenvalue weighted by molar-refractivity contribution is 6.01. The van der Waals surface area contributed by atoms with E-state index in [0.29, 0.717) is 37.6 Å². The minimum Gasteiger partial charge on any atom is -0.493 e. The molecule has 1 aromatic carbocycles. The fraction of sp³-hybridized carbons (Fsp3) is 0.389. The fourth-order valence-electron chi connectivity index (χ4n) is 2.46. The smallest absolute Gasteiger partial charge is 0.308 e. The highest BCUT2D eigenvalue weighted by atomic mass is 16.6. The highest BCUT2D eigenvalue weighted by Gasteiger charge is 2.21. The summed E-state index contributed by atoms with van der Waals surface area (Å²) >= 11 is 0. The number of hydrogen-bond donors (Lipinski definition) is 1. The molecule has 0 radical (unpaired) electrons. The molecule has 140 valence electrons. The SMILES string of the molecule is COc1cc(/C=C(/NC(C)=O)C(=O)N2CCOCC2)ccc1OC(C)=O. The number of nitrogens with zero attached hydrogens (tertiary/aromatic N) is 1. The summed E-state index contributed by atoms with van der Waals surface area (Å²) in [5, 5.41) is 2.57. The monoisotopic (exact) mass is 362 g/mol. The Bertz CT molecular complexity index is 722. The van der Waals surface area contributed by atoms with Crippen molar-refractivity contribution >= 4 is 23.9 Å². The zero-order valence-corrected chi connectivity index (χ0v) is 15.0. The van der Waals surface area contributed by atoms with E-state index in [2.05, 4.69) is 5.32 Å². The van der Waals surface area contributed by atoms with E-state index in [1.54, 1.807) is 29.2 Å². The molecule has 0 bridgehead atoms. The second kappa shape index (κ2) is 9.00. The van der Waals surface area contributed by atoms with Gasteiger partial charge in [0.15, 0.2) is 11.5 Å². The van der Waals surface area contributed by atoms with Crippen LogP contribution < -0.4 is 14.8 Å². The number of amides is 2. The number of benzene rings is 1. The summed E-state index contributed by atoms with van der Waals surface area (Å²) in [5.41, 5.74) is 0.768. The molecule has 1 N–H and O–H groups in total. The number of morpholine rings is 1. The van der Waals surface area contributed by atoms with Crippen molar-refractivity contribution in [2.45, 2.75) is 13.8 Å². The van der Waals surface area contributed by atoms with Gasteiger partial charge in [-0.1, -0.05) is 6.07 Å². The Kier molecular flexibility index (Phi) is 6.74. The molecule has 1 aromatic rings. The summed E-state index contributed by atoms with van der Waals surface area (Å²) in [5.74, 6) is -0.478. The Balaban J connectivity index is 2.31. The van der Waals surface area contributed by atoms with Gasteiger partial charge in [-0.3, -0.25) is 14.4 Å². The third kappa shape index (κ3) is 5.32. The van der Waals surface area contributed by atoms with Gasteiger partial charge in [0.25, 0.3) is 5.91 Å². The lowest BCUT2D eigenvalue weighted by Crippen LogP contribution is -2.44. The Morgan fingerprint density at radius 2 is 1.85 bits per heavy atom. The summed E-state index contributed by atoms with van der Waals surface area (Å²) in [7, 11) is 1.45. The second-order valence-electron chi connectivity index (χ2n) is 5.65. The van der Waals surface area contributed by atoms with Crippen LogP contribution in [-0.2, 0) is 19.1 Å². The first-order chi connectivity index (χ1) is 12.4. The molecule has 0 atom stereocenters. The van der Waals surface area contributed by atoms with Gasteiger partial charge in [-0.05, 0) is 23.8 Å². The van der Waals surface area contributed by atoms with E-state index < -0.39 is 5.97 Å². The van der Waals surface area contributed by atoms with E-state index in [0.717, 1.165) is 0 Å². The Labute approximate surface area is 151 Å². The molecule has 8 heteroatoms. The van der Waals surface area contributed by atoms with Gasteiger partial charge >= 0.3 is 5.97 Å². The van der Waals surface area contributed by atoms with Gasteiger partial charge in [0.05, 0.1) is 20.3 Å². The largest absolute Gasteiger partial charge is 0.493 e. The number of carbonyl (C=O) groups excluding carboxylic acids is 3. The molecular weight excluding hydrogens is 340 g/mol. The molecule has 1 heterocycles. The predicted molar refractivity (Wildman–Crippen MR) is 93.5 cm³/mol. The van der Waals surface area contributed by atoms with E-state index in [1.165, 1.54) is 21.0 Å². The molecule has 2 rings (SSSR count). The molecule has 26 heavy (non-hydrogen) atoms. The van der Waals surface area contributed by atoms with Crippen LogP contribution in [-0.4, -0.2) is 56.1 Å². The zero-order chi connectivity index (χ0) is 19.1. The van der Waals surface area contributed by atoms with E-state index >= 15 is 0 Å². The van der Waals surface area contributed by atoms with Crippen LogP contribution in [0.15, 0.2) is 23.9 Å². The number of ether oxygens (including phenoxy) is 3. The maximum absolute atomic E-state index is 12.7. The van der Waals surface area contributed by atoms with Crippen molar-refractivity contribution in [2.24, 2.45) is 0 Å². The van der Waals surface area contributed by atoms with Crippen molar-refractivity contribution in [1.82, 2.24) is 10.2 Å². The van der Waals surface area contributed by atoms with Crippen LogP contribution in [0.25, 0.3) is 6.08 Å². The van der Waals surface area contributed by atoms with Crippen molar-refractivity contribution in [2.75, 3.05) is 33.4 Å². The second-order valence-corrected chi connectivity index (χ2v) is 5.65. The summed E-state index contributed by atoms with van der Waals surface area (Å²) in [6.07, 6.45) is 1.55. The average Bonchev–Trinajstić information content (AvgIpc) is 2.61. The zero-order valence-electron chi connectivity index (χ0n) is 15.0. The molecule has 0 saturated carbocycles. The van der Waals surface area contributed by atoms with Crippen LogP contribution in [0.4, 0.5) is 0 Å². The van der Waals surface area contributed by atoms with E-state index in [4.69, 9.17) is 14.2 Å². The first-order valence-electron chi connectivity index (χ1n) is 8.13. The molecule has 1 aliphatic heterocycles. The maximum Gasteiger partial charge on any atom is 0.308 e. The minimum absolute atomic E-state index is 0.154. The lowest BCUT2D eigenvalue weighted by Gasteiger charge is -2.27. The van der Waals surface area contributed by atoms with Gasteiger partial charge in [-0.25, -0.2) is 0 Å². The van der Waals surface area contributed by atoms with Gasteiger partial charge in [0, 0.05) is 26.9 Å². The molecule has 0 spiro atoms. The van der Waals surface area contributed by atoms with E-state index in [-0.39, 0.29) is 23.3 Å². The van der Waals surface area contributed by atoms with Gasteiger partial charge in [-0.2, -0.15) is 0 Å². The molecule has 0 aliphatic carbocycles. The number of methoxy groups -OCH3 is 1. The maximum atomic E-state index is 12.7.